The molecule has 1 heterocycles. The standard InChI is InChI=1S/C12H21BrN2S/c1-4-9(2)7-15(3)11(6-14)12-5-10(13)8-16-12/h5,8-9,11H,4,6-7,14H2,1-3H3. The summed E-state index contributed by atoms with van der Waals surface area (Å²) in [5.41, 5.74) is 5.88. The summed E-state index contributed by atoms with van der Waals surface area (Å²) in [5.74, 6) is 0.724. The first-order chi connectivity index (χ1) is 7.58. The van der Waals surface area contributed by atoms with Crippen LogP contribution in [-0.2, 0) is 0 Å². The quantitative estimate of drug-likeness (QED) is 0.872. The Kier molecular flexibility index (Phi) is 5.97. The monoisotopic (exact) mass is 304 g/mol. The molecule has 92 valence electrons. The van der Waals surface area contributed by atoms with E-state index in [9.17, 15) is 0 Å². The van der Waals surface area contributed by atoms with Gasteiger partial charge in [0.25, 0.3) is 0 Å². The normalized spacial score (nSPS) is 15.4. The molecule has 0 spiro atoms. The molecule has 1 aromatic rings. The highest BCUT2D eigenvalue weighted by Gasteiger charge is 2.18. The number of halogens is 1. The number of hydrogen-bond donors (Lipinski definition) is 1. The van der Waals surface area contributed by atoms with Gasteiger partial charge in [0, 0.05) is 27.8 Å². The number of hydrogen-bond acceptors (Lipinski definition) is 3. The van der Waals surface area contributed by atoms with Gasteiger partial charge >= 0.3 is 0 Å². The van der Waals surface area contributed by atoms with Crippen molar-refractivity contribution in [1.29, 1.82) is 0 Å². The zero-order valence-corrected chi connectivity index (χ0v) is 12.6. The molecule has 0 radical (unpaired) electrons. The van der Waals surface area contributed by atoms with Gasteiger partial charge in [0.2, 0.25) is 0 Å². The smallest absolute Gasteiger partial charge is 0.0562 e. The van der Waals surface area contributed by atoms with Crippen LogP contribution in [0.4, 0.5) is 0 Å². The van der Waals surface area contributed by atoms with E-state index in [4.69, 9.17) is 5.73 Å². The summed E-state index contributed by atoms with van der Waals surface area (Å²) in [5, 5.41) is 2.12. The van der Waals surface area contributed by atoms with Crippen molar-refractivity contribution in [2.24, 2.45) is 11.7 Å². The number of rotatable bonds is 6. The molecule has 1 rings (SSSR count). The molecule has 1 aromatic heterocycles. The summed E-state index contributed by atoms with van der Waals surface area (Å²) in [4.78, 5) is 3.71. The van der Waals surface area contributed by atoms with Crippen LogP contribution in [0.1, 0.15) is 31.2 Å². The molecule has 0 aromatic carbocycles. The van der Waals surface area contributed by atoms with Crippen molar-refractivity contribution in [1.82, 2.24) is 4.90 Å². The molecule has 2 N–H and O–H groups in total. The fourth-order valence-corrected chi connectivity index (χ4v) is 3.39. The fourth-order valence-electron chi connectivity index (χ4n) is 1.76. The van der Waals surface area contributed by atoms with Gasteiger partial charge in [-0.2, -0.15) is 0 Å². The van der Waals surface area contributed by atoms with Crippen molar-refractivity contribution in [3.63, 3.8) is 0 Å². The minimum Gasteiger partial charge on any atom is -0.329 e. The van der Waals surface area contributed by atoms with E-state index >= 15 is 0 Å². The van der Waals surface area contributed by atoms with Gasteiger partial charge in [0.15, 0.2) is 0 Å². The van der Waals surface area contributed by atoms with Gasteiger partial charge < -0.3 is 5.73 Å². The van der Waals surface area contributed by atoms with Crippen LogP contribution in [0.25, 0.3) is 0 Å². The Morgan fingerprint density at radius 2 is 2.25 bits per heavy atom. The topological polar surface area (TPSA) is 29.3 Å². The number of nitrogens with zero attached hydrogens (tertiary/aromatic N) is 1. The third kappa shape index (κ3) is 3.84. The lowest BCUT2D eigenvalue weighted by atomic mass is 10.1. The minimum absolute atomic E-state index is 0.352. The Hall–Kier alpha value is 0.1000. The van der Waals surface area contributed by atoms with E-state index in [1.54, 1.807) is 11.3 Å². The molecule has 0 saturated heterocycles. The molecule has 0 amide bonds. The van der Waals surface area contributed by atoms with E-state index in [0.717, 1.165) is 16.9 Å². The zero-order chi connectivity index (χ0) is 12.1. The first-order valence-electron chi connectivity index (χ1n) is 5.72. The highest BCUT2D eigenvalue weighted by molar-refractivity contribution is 9.10. The van der Waals surface area contributed by atoms with E-state index in [1.807, 2.05) is 0 Å². The van der Waals surface area contributed by atoms with Crippen molar-refractivity contribution >= 4 is 27.3 Å². The second-order valence-corrected chi connectivity index (χ2v) is 6.23. The van der Waals surface area contributed by atoms with Crippen LogP contribution in [0, 0.1) is 5.92 Å². The van der Waals surface area contributed by atoms with Crippen molar-refractivity contribution in [2.45, 2.75) is 26.3 Å². The van der Waals surface area contributed by atoms with Crippen molar-refractivity contribution < 1.29 is 0 Å². The molecule has 0 aliphatic carbocycles. The average Bonchev–Trinajstić information content (AvgIpc) is 2.65. The van der Waals surface area contributed by atoms with Gasteiger partial charge in [-0.05, 0) is 35.0 Å². The molecular weight excluding hydrogens is 284 g/mol. The summed E-state index contributed by atoms with van der Waals surface area (Å²) in [6.07, 6.45) is 1.22. The third-order valence-corrected chi connectivity index (χ3v) is 4.76. The largest absolute Gasteiger partial charge is 0.329 e. The maximum Gasteiger partial charge on any atom is 0.0562 e. The molecule has 2 unspecified atom stereocenters. The molecule has 2 nitrogen and oxygen atoms in total. The summed E-state index contributed by atoms with van der Waals surface area (Å²) >= 11 is 5.27. The van der Waals surface area contributed by atoms with Gasteiger partial charge in [-0.15, -0.1) is 11.3 Å². The SMILES string of the molecule is CCC(C)CN(C)C(CN)c1cc(Br)cs1. The molecule has 0 bridgehead atoms. The fraction of sp³-hybridized carbons (Fsp3) is 0.667. The second kappa shape index (κ2) is 6.74. The van der Waals surface area contributed by atoms with Crippen molar-refractivity contribution in [3.8, 4) is 0 Å². The maximum atomic E-state index is 5.88. The van der Waals surface area contributed by atoms with Gasteiger partial charge in [-0.25, -0.2) is 0 Å². The van der Waals surface area contributed by atoms with Crippen LogP contribution in [0.5, 0.6) is 0 Å². The first-order valence-corrected chi connectivity index (χ1v) is 7.40. The highest BCUT2D eigenvalue weighted by Crippen LogP contribution is 2.28. The molecule has 0 aliphatic rings. The Morgan fingerprint density at radius 3 is 2.69 bits per heavy atom. The number of nitrogens with two attached hydrogens (primary N) is 1. The molecule has 16 heavy (non-hydrogen) atoms. The molecule has 2 atom stereocenters. The molecule has 4 heteroatoms. The molecule has 0 aliphatic heterocycles. The number of likely N-dealkylation sites (N-methyl/N-ethyl adjacent to an activating group) is 1. The summed E-state index contributed by atoms with van der Waals surface area (Å²) < 4.78 is 1.16. The predicted octanol–water partition coefficient (Wildman–Crippen LogP) is 3.49. The van der Waals surface area contributed by atoms with Crippen LogP contribution in [0.2, 0.25) is 0 Å². The van der Waals surface area contributed by atoms with Gasteiger partial charge in [0.05, 0.1) is 6.04 Å². The number of thiophene rings is 1. The lowest BCUT2D eigenvalue weighted by Gasteiger charge is -2.28. The zero-order valence-electron chi connectivity index (χ0n) is 10.2. The highest BCUT2D eigenvalue weighted by atomic mass is 79.9. The Balaban J connectivity index is 2.66. The lowest BCUT2D eigenvalue weighted by Crippen LogP contribution is -2.33. The Labute approximate surface area is 111 Å². The summed E-state index contributed by atoms with van der Waals surface area (Å²) in [6.45, 7) is 6.31. The van der Waals surface area contributed by atoms with E-state index < -0.39 is 0 Å². The van der Waals surface area contributed by atoms with E-state index in [2.05, 4.69) is 53.2 Å². The Bertz CT molecular complexity index is 314. The van der Waals surface area contributed by atoms with Crippen LogP contribution in [0.15, 0.2) is 15.9 Å². The van der Waals surface area contributed by atoms with E-state index in [-0.39, 0.29) is 0 Å². The van der Waals surface area contributed by atoms with Gasteiger partial charge in [0.1, 0.15) is 0 Å². The summed E-state index contributed by atoms with van der Waals surface area (Å²) in [7, 11) is 2.16. The molecule has 0 fully saturated rings. The average molecular weight is 305 g/mol. The molecule has 0 saturated carbocycles. The second-order valence-electron chi connectivity index (χ2n) is 4.37. The predicted molar refractivity (Wildman–Crippen MR) is 75.9 cm³/mol. The minimum atomic E-state index is 0.352. The molecular formula is C12H21BrN2S. The van der Waals surface area contributed by atoms with Gasteiger partial charge in [-0.3, -0.25) is 4.90 Å². The van der Waals surface area contributed by atoms with Crippen LogP contribution in [-0.4, -0.2) is 25.0 Å². The lowest BCUT2D eigenvalue weighted by molar-refractivity contribution is 0.218. The van der Waals surface area contributed by atoms with Crippen LogP contribution >= 0.6 is 27.3 Å². The van der Waals surface area contributed by atoms with Gasteiger partial charge in [-0.1, -0.05) is 20.3 Å². The van der Waals surface area contributed by atoms with E-state index in [1.165, 1.54) is 11.3 Å². The first kappa shape index (κ1) is 14.2. The Morgan fingerprint density at radius 1 is 1.56 bits per heavy atom. The van der Waals surface area contributed by atoms with Crippen LogP contribution in [0.3, 0.4) is 0 Å². The van der Waals surface area contributed by atoms with E-state index in [0.29, 0.717) is 12.6 Å². The van der Waals surface area contributed by atoms with Crippen molar-refractivity contribution in [2.75, 3.05) is 20.1 Å². The van der Waals surface area contributed by atoms with Crippen LogP contribution < -0.4 is 5.73 Å². The third-order valence-electron chi connectivity index (χ3n) is 2.97. The summed E-state index contributed by atoms with van der Waals surface area (Å²) in [6, 6.07) is 2.53. The van der Waals surface area contributed by atoms with Crippen molar-refractivity contribution in [3.05, 3.63) is 20.8 Å². The maximum absolute atomic E-state index is 5.88.